The zero-order chi connectivity index (χ0) is 19.8. The van der Waals surface area contributed by atoms with Gasteiger partial charge in [0.05, 0.1) is 13.4 Å². The summed E-state index contributed by atoms with van der Waals surface area (Å²) in [4.78, 5) is 10.7. The Labute approximate surface area is 160 Å². The van der Waals surface area contributed by atoms with Crippen molar-refractivity contribution in [1.29, 1.82) is 0 Å². The van der Waals surface area contributed by atoms with Gasteiger partial charge in [-0.2, -0.15) is 0 Å². The largest absolute Gasteiger partial charge is 0.496 e. The summed E-state index contributed by atoms with van der Waals surface area (Å²) in [5.74, 6) is 0.434. The molecule has 4 heteroatoms. The van der Waals surface area contributed by atoms with Crippen LogP contribution in [-0.2, 0) is 22.0 Å². The first-order valence-corrected chi connectivity index (χ1v) is 9.33. The third-order valence-electron chi connectivity index (χ3n) is 5.71. The second kappa shape index (κ2) is 6.91. The van der Waals surface area contributed by atoms with Crippen LogP contribution in [0.4, 0.5) is 0 Å². The molecule has 0 saturated carbocycles. The lowest BCUT2D eigenvalue weighted by atomic mass is 9.63. The van der Waals surface area contributed by atoms with Gasteiger partial charge in [-0.3, -0.25) is 0 Å². The number of hydrogen-bond acceptors (Lipinski definition) is 3. The maximum absolute atomic E-state index is 10.7. The smallest absolute Gasteiger partial charge is 0.328 e. The zero-order valence-electron chi connectivity index (χ0n) is 16.8. The van der Waals surface area contributed by atoms with Gasteiger partial charge in [0.2, 0.25) is 0 Å². The van der Waals surface area contributed by atoms with Gasteiger partial charge in [0.1, 0.15) is 11.5 Å². The highest BCUT2D eigenvalue weighted by Crippen LogP contribution is 2.47. The summed E-state index contributed by atoms with van der Waals surface area (Å²) in [6.45, 7) is 9.22. The molecule has 1 N–H and O–H groups in total. The minimum atomic E-state index is -0.992. The van der Waals surface area contributed by atoms with Gasteiger partial charge < -0.3 is 14.3 Å². The molecule has 0 spiro atoms. The van der Waals surface area contributed by atoms with Crippen molar-refractivity contribution in [2.24, 2.45) is 0 Å². The van der Waals surface area contributed by atoms with Crippen molar-refractivity contribution in [3.05, 3.63) is 58.6 Å². The van der Waals surface area contributed by atoms with E-state index in [1.807, 2.05) is 6.07 Å². The predicted octanol–water partition coefficient (Wildman–Crippen LogP) is 5.33. The van der Waals surface area contributed by atoms with Gasteiger partial charge in [0.25, 0.3) is 0 Å². The molecule has 144 valence electrons. The monoisotopic (exact) mass is 368 g/mol. The van der Waals surface area contributed by atoms with E-state index < -0.39 is 5.97 Å². The van der Waals surface area contributed by atoms with Crippen LogP contribution in [0.15, 0.2) is 35.0 Å². The van der Waals surface area contributed by atoms with Crippen molar-refractivity contribution in [3.8, 4) is 5.75 Å². The van der Waals surface area contributed by atoms with Crippen LogP contribution in [0.3, 0.4) is 0 Å². The van der Waals surface area contributed by atoms with Crippen molar-refractivity contribution < 1.29 is 19.1 Å². The van der Waals surface area contributed by atoms with Gasteiger partial charge in [-0.1, -0.05) is 33.8 Å². The maximum atomic E-state index is 10.7. The van der Waals surface area contributed by atoms with Gasteiger partial charge in [-0.15, -0.1) is 0 Å². The summed E-state index contributed by atoms with van der Waals surface area (Å²) >= 11 is 0. The van der Waals surface area contributed by atoms with Crippen molar-refractivity contribution >= 4 is 12.0 Å². The number of methoxy groups -OCH3 is 1. The van der Waals surface area contributed by atoms with Gasteiger partial charge in [0, 0.05) is 12.5 Å². The van der Waals surface area contributed by atoms with Crippen LogP contribution in [0, 0.1) is 0 Å². The molecule has 0 saturated heterocycles. The average molecular weight is 368 g/mol. The molecule has 0 aliphatic heterocycles. The number of hydrogen-bond donors (Lipinski definition) is 1. The summed E-state index contributed by atoms with van der Waals surface area (Å²) in [6, 6.07) is 6.36. The van der Waals surface area contributed by atoms with E-state index >= 15 is 0 Å². The Morgan fingerprint density at radius 2 is 1.78 bits per heavy atom. The summed E-state index contributed by atoms with van der Waals surface area (Å²) in [5.41, 5.74) is 5.15. The van der Waals surface area contributed by atoms with E-state index in [1.165, 1.54) is 17.2 Å². The number of carboxylic acid groups (broad SMARTS) is 1. The van der Waals surface area contributed by atoms with Gasteiger partial charge in [-0.25, -0.2) is 4.79 Å². The fourth-order valence-electron chi connectivity index (χ4n) is 3.91. The summed E-state index contributed by atoms with van der Waals surface area (Å²) in [5, 5.41) is 8.74. The summed E-state index contributed by atoms with van der Waals surface area (Å²) in [6.07, 6.45) is 7.21. The van der Waals surface area contributed by atoms with Gasteiger partial charge in [0.15, 0.2) is 0 Å². The third kappa shape index (κ3) is 3.95. The summed E-state index contributed by atoms with van der Waals surface area (Å²) < 4.78 is 11.2. The molecule has 1 aliphatic rings. The average Bonchev–Trinajstić information content (AvgIpc) is 3.04. The Balaban J connectivity index is 1.98. The standard InChI is InChI=1S/C23H28O4/c1-22(2)8-9-23(3,4)19-13-20(26-5)16(12-18(19)22)10-15-11-17(27-14-15)6-7-21(24)25/h6-7,11-14H,8-10H2,1-5H3,(H,24,25). The lowest BCUT2D eigenvalue weighted by Crippen LogP contribution is -2.34. The maximum Gasteiger partial charge on any atom is 0.328 e. The number of fused-ring (bicyclic) bond motifs is 1. The summed E-state index contributed by atoms with van der Waals surface area (Å²) in [7, 11) is 1.71. The van der Waals surface area contributed by atoms with Crippen LogP contribution in [0.1, 0.15) is 68.6 Å². The van der Waals surface area contributed by atoms with Crippen LogP contribution in [-0.4, -0.2) is 18.2 Å². The molecular formula is C23H28O4. The quantitative estimate of drug-likeness (QED) is 0.725. The van der Waals surface area contributed by atoms with E-state index in [-0.39, 0.29) is 10.8 Å². The molecule has 0 fully saturated rings. The number of ether oxygens (including phenoxy) is 1. The molecule has 1 aromatic heterocycles. The number of benzene rings is 1. The van der Waals surface area contributed by atoms with E-state index in [4.69, 9.17) is 14.3 Å². The van der Waals surface area contributed by atoms with Crippen molar-refractivity contribution in [3.63, 3.8) is 0 Å². The first-order valence-electron chi connectivity index (χ1n) is 9.33. The molecule has 2 aromatic rings. The SMILES string of the molecule is COc1cc2c(cc1Cc1coc(C=CC(=O)O)c1)C(C)(C)CCC2(C)C. The van der Waals surface area contributed by atoms with E-state index in [0.717, 1.165) is 35.8 Å². The van der Waals surface area contributed by atoms with Crippen LogP contribution < -0.4 is 4.74 Å². The molecule has 4 nitrogen and oxygen atoms in total. The topological polar surface area (TPSA) is 59.7 Å². The third-order valence-corrected chi connectivity index (χ3v) is 5.71. The van der Waals surface area contributed by atoms with E-state index in [0.29, 0.717) is 12.2 Å². The minimum Gasteiger partial charge on any atom is -0.496 e. The number of carbonyl (C=O) groups is 1. The first kappa shape index (κ1) is 19.3. The molecule has 27 heavy (non-hydrogen) atoms. The molecular weight excluding hydrogens is 340 g/mol. The van der Waals surface area contributed by atoms with E-state index in [2.05, 4.69) is 39.8 Å². The molecule has 1 heterocycles. The lowest BCUT2D eigenvalue weighted by molar-refractivity contribution is -0.131. The normalized spacial score (nSPS) is 17.7. The van der Waals surface area contributed by atoms with Crippen molar-refractivity contribution in [2.75, 3.05) is 7.11 Å². The molecule has 0 bridgehead atoms. The van der Waals surface area contributed by atoms with Crippen LogP contribution in [0.2, 0.25) is 0 Å². The highest BCUT2D eigenvalue weighted by molar-refractivity contribution is 5.84. The number of carboxylic acids is 1. The Kier molecular flexibility index (Phi) is 4.94. The lowest BCUT2D eigenvalue weighted by Gasteiger charge is -2.42. The fraction of sp³-hybridized carbons (Fsp3) is 0.435. The van der Waals surface area contributed by atoms with Crippen LogP contribution >= 0.6 is 0 Å². The van der Waals surface area contributed by atoms with Crippen molar-refractivity contribution in [2.45, 2.75) is 57.8 Å². The fourth-order valence-corrected chi connectivity index (χ4v) is 3.91. The van der Waals surface area contributed by atoms with Gasteiger partial charge in [-0.05, 0) is 64.1 Å². The second-order valence-corrected chi connectivity index (χ2v) is 8.68. The Morgan fingerprint density at radius 1 is 1.15 bits per heavy atom. The predicted molar refractivity (Wildman–Crippen MR) is 106 cm³/mol. The Bertz CT molecular complexity index is 884. The van der Waals surface area contributed by atoms with E-state index in [1.54, 1.807) is 13.4 Å². The minimum absolute atomic E-state index is 0.137. The molecule has 0 atom stereocenters. The van der Waals surface area contributed by atoms with Gasteiger partial charge >= 0.3 is 5.97 Å². The Hall–Kier alpha value is -2.49. The molecule has 1 aromatic carbocycles. The highest BCUT2D eigenvalue weighted by Gasteiger charge is 2.37. The molecule has 0 amide bonds. The van der Waals surface area contributed by atoms with E-state index in [9.17, 15) is 4.79 Å². The van der Waals surface area contributed by atoms with Crippen molar-refractivity contribution in [1.82, 2.24) is 0 Å². The highest BCUT2D eigenvalue weighted by atomic mass is 16.5. The van der Waals surface area contributed by atoms with Crippen LogP contribution in [0.5, 0.6) is 5.75 Å². The number of aliphatic carboxylic acids is 1. The first-order chi connectivity index (χ1) is 12.6. The number of furan rings is 1. The zero-order valence-corrected chi connectivity index (χ0v) is 16.8. The molecule has 1 aliphatic carbocycles. The molecule has 0 radical (unpaired) electrons. The second-order valence-electron chi connectivity index (χ2n) is 8.68. The molecule has 0 unspecified atom stereocenters. The number of rotatable bonds is 5. The Morgan fingerprint density at radius 3 is 2.37 bits per heavy atom. The molecule has 3 rings (SSSR count). The van der Waals surface area contributed by atoms with Crippen LogP contribution in [0.25, 0.3) is 6.08 Å².